The molecule has 0 saturated carbocycles. The summed E-state index contributed by atoms with van der Waals surface area (Å²) >= 11 is 5.18. The van der Waals surface area contributed by atoms with Gasteiger partial charge in [0.1, 0.15) is 5.82 Å². The number of rotatable bonds is 5. The normalized spacial score (nSPS) is 10.4. The topological polar surface area (TPSA) is 49.8 Å². The smallest absolute Gasteiger partial charge is 0.224 e. The first-order chi connectivity index (χ1) is 8.67. The van der Waals surface area contributed by atoms with Crippen LogP contribution in [-0.2, 0) is 6.54 Å². The summed E-state index contributed by atoms with van der Waals surface area (Å²) in [6, 6.07) is 6.10. The lowest BCUT2D eigenvalue weighted by Gasteiger charge is -2.08. The summed E-state index contributed by atoms with van der Waals surface area (Å²) in [6.07, 6.45) is 0. The summed E-state index contributed by atoms with van der Waals surface area (Å²) in [5.41, 5.74) is 0.954. The van der Waals surface area contributed by atoms with Gasteiger partial charge >= 0.3 is 0 Å². The Bertz CT molecular complexity index is 527. The number of hydrogen-bond donors (Lipinski definition) is 2. The number of halogens is 1. The van der Waals surface area contributed by atoms with Gasteiger partial charge in [0, 0.05) is 23.2 Å². The van der Waals surface area contributed by atoms with E-state index in [2.05, 4.69) is 48.7 Å². The molecule has 0 atom stereocenters. The van der Waals surface area contributed by atoms with Crippen molar-refractivity contribution in [2.24, 2.45) is 0 Å². The van der Waals surface area contributed by atoms with Crippen LogP contribution < -0.4 is 10.6 Å². The van der Waals surface area contributed by atoms with E-state index in [0.29, 0.717) is 5.95 Å². The van der Waals surface area contributed by atoms with Crippen molar-refractivity contribution in [2.45, 2.75) is 20.4 Å². The summed E-state index contributed by atoms with van der Waals surface area (Å²) in [7, 11) is 0. The summed E-state index contributed by atoms with van der Waals surface area (Å²) in [5.74, 6) is 1.52. The van der Waals surface area contributed by atoms with Crippen LogP contribution in [-0.4, -0.2) is 16.5 Å². The molecule has 2 aromatic rings. The molecule has 0 unspecified atom stereocenters. The van der Waals surface area contributed by atoms with Crippen molar-refractivity contribution in [3.05, 3.63) is 32.6 Å². The van der Waals surface area contributed by atoms with E-state index in [0.717, 1.165) is 28.4 Å². The third-order valence-corrected chi connectivity index (χ3v) is 3.89. The molecule has 0 bridgehead atoms. The second-order valence-electron chi connectivity index (χ2n) is 3.81. The predicted octanol–water partition coefficient (Wildman–Crippen LogP) is 3.65. The molecule has 6 heteroatoms. The van der Waals surface area contributed by atoms with E-state index in [4.69, 9.17) is 0 Å². The lowest BCUT2D eigenvalue weighted by molar-refractivity contribution is 1.03. The molecule has 0 aliphatic heterocycles. The Hall–Kier alpha value is -1.14. The zero-order chi connectivity index (χ0) is 13.0. The first-order valence-electron chi connectivity index (χ1n) is 5.75. The highest BCUT2D eigenvalue weighted by atomic mass is 79.9. The average Bonchev–Trinajstić information content (AvgIpc) is 2.72. The predicted molar refractivity (Wildman–Crippen MR) is 80.3 cm³/mol. The fraction of sp³-hybridized carbons (Fsp3) is 0.333. The monoisotopic (exact) mass is 326 g/mol. The Morgan fingerprint density at radius 1 is 1.28 bits per heavy atom. The Balaban J connectivity index is 2.04. The van der Waals surface area contributed by atoms with Gasteiger partial charge in [0.25, 0.3) is 0 Å². The number of nitrogens with zero attached hydrogens (tertiary/aromatic N) is 2. The van der Waals surface area contributed by atoms with Crippen molar-refractivity contribution >= 4 is 39.0 Å². The lowest BCUT2D eigenvalue weighted by Crippen LogP contribution is -2.07. The number of aryl methyl sites for hydroxylation is 1. The van der Waals surface area contributed by atoms with Gasteiger partial charge in [-0.2, -0.15) is 4.98 Å². The quantitative estimate of drug-likeness (QED) is 0.880. The number of nitrogens with one attached hydrogen (secondary N) is 2. The van der Waals surface area contributed by atoms with Crippen molar-refractivity contribution in [2.75, 3.05) is 17.2 Å². The van der Waals surface area contributed by atoms with Crippen LogP contribution in [0.5, 0.6) is 0 Å². The number of thiophene rings is 1. The van der Waals surface area contributed by atoms with E-state index < -0.39 is 0 Å². The molecule has 0 amide bonds. The lowest BCUT2D eigenvalue weighted by atomic mass is 10.4. The third kappa shape index (κ3) is 3.68. The first kappa shape index (κ1) is 13.3. The first-order valence-corrected chi connectivity index (χ1v) is 7.36. The molecule has 0 saturated heterocycles. The van der Waals surface area contributed by atoms with Crippen molar-refractivity contribution in [3.63, 3.8) is 0 Å². The number of hydrogen-bond acceptors (Lipinski definition) is 5. The maximum absolute atomic E-state index is 4.40. The minimum Gasteiger partial charge on any atom is -0.365 e. The SMILES string of the molecule is CCNc1nc(C)cc(NCc2ccc(Br)s2)n1. The summed E-state index contributed by atoms with van der Waals surface area (Å²) in [4.78, 5) is 9.99. The highest BCUT2D eigenvalue weighted by Gasteiger charge is 2.02. The molecule has 2 N–H and O–H groups in total. The van der Waals surface area contributed by atoms with Crippen LogP contribution in [0.3, 0.4) is 0 Å². The highest BCUT2D eigenvalue weighted by Crippen LogP contribution is 2.22. The molecule has 2 heterocycles. The molecule has 0 fully saturated rings. The van der Waals surface area contributed by atoms with Crippen LogP contribution in [0.4, 0.5) is 11.8 Å². The molecule has 0 radical (unpaired) electrons. The summed E-state index contributed by atoms with van der Waals surface area (Å²) in [6.45, 7) is 5.59. The molecule has 96 valence electrons. The van der Waals surface area contributed by atoms with E-state index >= 15 is 0 Å². The van der Waals surface area contributed by atoms with Gasteiger partial charge in [-0.1, -0.05) is 0 Å². The van der Waals surface area contributed by atoms with Crippen molar-refractivity contribution in [1.29, 1.82) is 0 Å². The molecule has 0 spiro atoms. The molecule has 0 aromatic carbocycles. The molecule has 0 aliphatic carbocycles. The highest BCUT2D eigenvalue weighted by molar-refractivity contribution is 9.11. The van der Waals surface area contributed by atoms with Crippen LogP contribution >= 0.6 is 27.3 Å². The minimum absolute atomic E-state index is 0.673. The van der Waals surface area contributed by atoms with Crippen molar-refractivity contribution in [3.8, 4) is 0 Å². The van der Waals surface area contributed by atoms with Gasteiger partial charge in [-0.15, -0.1) is 11.3 Å². The Morgan fingerprint density at radius 2 is 2.11 bits per heavy atom. The van der Waals surface area contributed by atoms with Crippen LogP contribution in [0.15, 0.2) is 22.0 Å². The van der Waals surface area contributed by atoms with Gasteiger partial charge in [-0.25, -0.2) is 4.98 Å². The Labute approximate surface area is 119 Å². The van der Waals surface area contributed by atoms with Gasteiger partial charge in [-0.05, 0) is 41.9 Å². The van der Waals surface area contributed by atoms with Gasteiger partial charge in [0.2, 0.25) is 5.95 Å². The second-order valence-corrected chi connectivity index (χ2v) is 6.36. The zero-order valence-electron chi connectivity index (χ0n) is 10.3. The maximum Gasteiger partial charge on any atom is 0.224 e. The largest absolute Gasteiger partial charge is 0.365 e. The fourth-order valence-corrected chi connectivity index (χ4v) is 2.94. The van der Waals surface area contributed by atoms with Gasteiger partial charge in [-0.3, -0.25) is 0 Å². The van der Waals surface area contributed by atoms with Gasteiger partial charge in [0.05, 0.1) is 10.3 Å². The van der Waals surface area contributed by atoms with Gasteiger partial charge in [0.15, 0.2) is 0 Å². The Kier molecular flexibility index (Phi) is 4.54. The number of anilines is 2. The molecular weight excluding hydrogens is 312 g/mol. The van der Waals surface area contributed by atoms with E-state index in [-0.39, 0.29) is 0 Å². The van der Waals surface area contributed by atoms with Crippen molar-refractivity contribution < 1.29 is 0 Å². The van der Waals surface area contributed by atoms with Gasteiger partial charge < -0.3 is 10.6 Å². The minimum atomic E-state index is 0.673. The standard InChI is InChI=1S/C12H15BrN4S/c1-3-14-12-16-8(2)6-11(17-12)15-7-9-4-5-10(13)18-9/h4-6H,3,7H2,1-2H3,(H2,14,15,16,17). The van der Waals surface area contributed by atoms with Crippen LogP contribution in [0.1, 0.15) is 17.5 Å². The summed E-state index contributed by atoms with van der Waals surface area (Å²) < 4.78 is 1.14. The van der Waals surface area contributed by atoms with E-state index in [1.165, 1.54) is 4.88 Å². The van der Waals surface area contributed by atoms with E-state index in [1.54, 1.807) is 11.3 Å². The third-order valence-electron chi connectivity index (χ3n) is 2.26. The van der Waals surface area contributed by atoms with E-state index in [9.17, 15) is 0 Å². The molecule has 2 aromatic heterocycles. The zero-order valence-corrected chi connectivity index (χ0v) is 12.7. The number of aromatic nitrogens is 2. The molecular formula is C12H15BrN4S. The van der Waals surface area contributed by atoms with Crippen LogP contribution in [0, 0.1) is 6.92 Å². The van der Waals surface area contributed by atoms with Crippen molar-refractivity contribution in [1.82, 2.24) is 9.97 Å². The van der Waals surface area contributed by atoms with Crippen LogP contribution in [0.2, 0.25) is 0 Å². The fourth-order valence-electron chi connectivity index (χ4n) is 1.52. The molecule has 2 rings (SSSR count). The average molecular weight is 327 g/mol. The molecule has 0 aliphatic rings. The maximum atomic E-state index is 4.40. The molecule has 18 heavy (non-hydrogen) atoms. The summed E-state index contributed by atoms with van der Waals surface area (Å²) in [5, 5.41) is 6.44. The Morgan fingerprint density at radius 3 is 2.78 bits per heavy atom. The molecule has 4 nitrogen and oxygen atoms in total. The van der Waals surface area contributed by atoms with Crippen LogP contribution in [0.25, 0.3) is 0 Å². The second kappa shape index (κ2) is 6.15. The van der Waals surface area contributed by atoms with E-state index in [1.807, 2.05) is 19.9 Å².